The highest BCUT2D eigenvalue weighted by molar-refractivity contribution is 6.38. The lowest BCUT2D eigenvalue weighted by Crippen LogP contribution is -2.49. The minimum absolute atomic E-state index is 0.140. The number of nitrogens with one attached hydrogen (secondary N) is 3. The molecule has 1 saturated carbocycles. The van der Waals surface area contributed by atoms with Gasteiger partial charge in [-0.2, -0.15) is 0 Å². The maximum atomic E-state index is 13.3. The third kappa shape index (κ3) is 9.77. The number of benzene rings is 1. The van der Waals surface area contributed by atoms with Gasteiger partial charge in [0, 0.05) is 37.4 Å². The number of amides is 4. The summed E-state index contributed by atoms with van der Waals surface area (Å²) >= 11 is 0. The number of ether oxygens (including phenoxy) is 2. The quantitative estimate of drug-likeness (QED) is 0.225. The van der Waals surface area contributed by atoms with Crippen LogP contribution in [0.25, 0.3) is 0 Å². The van der Waals surface area contributed by atoms with Crippen molar-refractivity contribution in [1.82, 2.24) is 25.8 Å². The molecule has 1 saturated heterocycles. The molecule has 3 N–H and O–H groups in total. The predicted molar refractivity (Wildman–Crippen MR) is 160 cm³/mol. The molecule has 11 nitrogen and oxygen atoms in total. The zero-order chi connectivity index (χ0) is 30.5. The molecule has 232 valence electrons. The summed E-state index contributed by atoms with van der Waals surface area (Å²) < 4.78 is 10.9. The van der Waals surface area contributed by atoms with E-state index in [-0.39, 0.29) is 30.5 Å². The van der Waals surface area contributed by atoms with Crippen LogP contribution < -0.4 is 16.0 Å². The molecule has 11 heteroatoms. The largest absolute Gasteiger partial charge is 0.449 e. The highest BCUT2D eigenvalue weighted by Crippen LogP contribution is 2.44. The van der Waals surface area contributed by atoms with Crippen molar-refractivity contribution in [2.24, 2.45) is 5.41 Å². The van der Waals surface area contributed by atoms with Gasteiger partial charge in [-0.1, -0.05) is 36.8 Å². The Balaban J connectivity index is 1.30. The zero-order valence-electron chi connectivity index (χ0n) is 24.9. The van der Waals surface area contributed by atoms with Crippen LogP contribution in [0.1, 0.15) is 62.6 Å². The van der Waals surface area contributed by atoms with Gasteiger partial charge in [0.15, 0.2) is 0 Å². The lowest BCUT2D eigenvalue weighted by atomic mass is 9.66. The van der Waals surface area contributed by atoms with Gasteiger partial charge in [-0.3, -0.25) is 14.6 Å². The third-order valence-electron chi connectivity index (χ3n) is 8.23. The summed E-state index contributed by atoms with van der Waals surface area (Å²) in [4.78, 5) is 57.2. The van der Waals surface area contributed by atoms with Crippen molar-refractivity contribution in [1.29, 1.82) is 0 Å². The van der Waals surface area contributed by atoms with Gasteiger partial charge in [0.2, 0.25) is 5.78 Å². The number of urea groups is 1. The molecule has 0 unspecified atom stereocenters. The molecule has 2 aliphatic rings. The average molecular weight is 594 g/mol. The summed E-state index contributed by atoms with van der Waals surface area (Å²) in [6.45, 7) is 4.59. The number of nitrogens with zero attached hydrogens (tertiary/aromatic N) is 2. The molecular weight excluding hydrogens is 550 g/mol. The summed E-state index contributed by atoms with van der Waals surface area (Å²) in [7, 11) is 0. The van der Waals surface area contributed by atoms with Crippen LogP contribution in [0.4, 0.5) is 9.59 Å². The van der Waals surface area contributed by atoms with Gasteiger partial charge in [0.05, 0.1) is 25.9 Å². The van der Waals surface area contributed by atoms with Gasteiger partial charge in [0.25, 0.3) is 5.91 Å². The summed E-state index contributed by atoms with van der Waals surface area (Å²) in [5.41, 5.74) is 1.86. The molecule has 1 aromatic heterocycles. The first-order chi connectivity index (χ1) is 20.8. The molecule has 1 aliphatic heterocycles. The summed E-state index contributed by atoms with van der Waals surface area (Å²) in [5, 5.41) is 8.29. The van der Waals surface area contributed by atoms with Crippen molar-refractivity contribution in [2.45, 2.75) is 64.0 Å². The third-order valence-corrected chi connectivity index (χ3v) is 8.23. The smallest absolute Gasteiger partial charge is 0.407 e. The second-order valence-corrected chi connectivity index (χ2v) is 11.5. The molecular formula is C32H43N5O6. The molecule has 2 aromatic rings. The fourth-order valence-corrected chi connectivity index (χ4v) is 5.45. The summed E-state index contributed by atoms with van der Waals surface area (Å²) in [6.07, 6.45) is 7.84. The number of unbranched alkanes of at least 4 members (excludes halogenated alkanes) is 1. The van der Waals surface area contributed by atoms with E-state index in [1.807, 2.05) is 42.5 Å². The Bertz CT molecular complexity index is 1200. The van der Waals surface area contributed by atoms with Crippen LogP contribution in [-0.4, -0.2) is 79.2 Å². The number of carbonyl (C=O) groups excluding carboxylic acids is 4. The Hall–Kier alpha value is -3.99. The van der Waals surface area contributed by atoms with Crippen LogP contribution in [-0.2, 0) is 25.5 Å². The Kier molecular flexibility index (Phi) is 11.9. The highest BCUT2D eigenvalue weighted by Gasteiger charge is 2.39. The van der Waals surface area contributed by atoms with Crippen molar-refractivity contribution in [3.05, 3.63) is 66.0 Å². The van der Waals surface area contributed by atoms with E-state index in [1.54, 1.807) is 24.2 Å². The normalized spacial score (nSPS) is 17.1. The molecule has 0 spiro atoms. The van der Waals surface area contributed by atoms with E-state index in [1.165, 1.54) is 0 Å². The van der Waals surface area contributed by atoms with Gasteiger partial charge in [-0.15, -0.1) is 0 Å². The van der Waals surface area contributed by atoms with Crippen LogP contribution in [0.15, 0.2) is 54.9 Å². The van der Waals surface area contributed by atoms with E-state index >= 15 is 0 Å². The van der Waals surface area contributed by atoms with Crippen LogP contribution >= 0.6 is 0 Å². The number of carbonyl (C=O) groups is 4. The zero-order valence-corrected chi connectivity index (χ0v) is 24.9. The maximum absolute atomic E-state index is 13.3. The first kappa shape index (κ1) is 31.9. The molecule has 0 bridgehead atoms. The van der Waals surface area contributed by atoms with Gasteiger partial charge < -0.3 is 30.3 Å². The van der Waals surface area contributed by atoms with E-state index in [9.17, 15) is 19.2 Å². The lowest BCUT2D eigenvalue weighted by Gasteiger charge is -2.41. The van der Waals surface area contributed by atoms with Gasteiger partial charge in [0.1, 0.15) is 6.04 Å². The summed E-state index contributed by atoms with van der Waals surface area (Å²) in [5.74, 6) is -1.50. The van der Waals surface area contributed by atoms with Crippen molar-refractivity contribution in [3.63, 3.8) is 0 Å². The number of morpholine rings is 1. The molecule has 4 rings (SSSR count). The van der Waals surface area contributed by atoms with E-state index in [4.69, 9.17) is 9.47 Å². The Morgan fingerprint density at radius 3 is 2.40 bits per heavy atom. The van der Waals surface area contributed by atoms with E-state index in [0.717, 1.165) is 36.8 Å². The summed E-state index contributed by atoms with van der Waals surface area (Å²) in [6, 6.07) is 11.7. The Morgan fingerprint density at radius 1 is 1.00 bits per heavy atom. The molecule has 2 atom stereocenters. The monoisotopic (exact) mass is 593 g/mol. The lowest BCUT2D eigenvalue weighted by molar-refractivity contribution is -0.139. The number of rotatable bonds is 14. The molecule has 4 amide bonds. The van der Waals surface area contributed by atoms with Crippen molar-refractivity contribution in [2.75, 3.05) is 39.5 Å². The first-order valence-corrected chi connectivity index (χ1v) is 15.2. The molecule has 0 radical (unpaired) electrons. The second-order valence-electron chi connectivity index (χ2n) is 11.5. The number of ketones is 1. The van der Waals surface area contributed by atoms with E-state index in [0.29, 0.717) is 45.7 Å². The SMILES string of the molecule is C[C@@H](NC(=O)C(=O)[C@H](CCCCNC(=O)N1CCOCC1)NC(=O)OCC1(Cc2ccncc2)CCC1)c1ccccc1. The standard InChI is InChI=1S/C32H43N5O6/c1-24(26-8-3-2-4-9-26)35-29(39)28(38)27(10-5-6-15-34-30(40)37-18-20-42-21-19-37)36-31(41)43-23-32(13-7-14-32)22-25-11-16-33-17-12-25/h2-4,8-9,11-12,16-17,24,27H,5-7,10,13-15,18-23H2,1H3,(H,34,40)(H,35,39)(H,36,41)/t24-,27+/m1/s1. The van der Waals surface area contributed by atoms with Crippen molar-refractivity contribution < 1.29 is 28.7 Å². The average Bonchev–Trinajstić information content (AvgIpc) is 3.02. The van der Waals surface area contributed by atoms with Crippen LogP contribution in [0.3, 0.4) is 0 Å². The van der Waals surface area contributed by atoms with Crippen molar-refractivity contribution >= 4 is 23.8 Å². The van der Waals surface area contributed by atoms with Crippen LogP contribution in [0.5, 0.6) is 0 Å². The second kappa shape index (κ2) is 16.0. The number of hydrogen-bond donors (Lipinski definition) is 3. The fourth-order valence-electron chi connectivity index (χ4n) is 5.45. The van der Waals surface area contributed by atoms with Crippen LogP contribution in [0, 0.1) is 5.41 Å². The number of Topliss-reactive ketones (excluding diaryl/α,β-unsaturated/α-hetero) is 1. The molecule has 43 heavy (non-hydrogen) atoms. The van der Waals surface area contributed by atoms with Gasteiger partial charge >= 0.3 is 12.1 Å². The molecule has 1 aliphatic carbocycles. The topological polar surface area (TPSA) is 139 Å². The molecule has 2 heterocycles. The van der Waals surface area contributed by atoms with E-state index < -0.39 is 23.8 Å². The Morgan fingerprint density at radius 2 is 1.72 bits per heavy atom. The molecule has 2 fully saturated rings. The van der Waals surface area contributed by atoms with E-state index in [2.05, 4.69) is 20.9 Å². The minimum atomic E-state index is -1.05. The molecule has 1 aromatic carbocycles. The predicted octanol–water partition coefficient (Wildman–Crippen LogP) is 3.55. The maximum Gasteiger partial charge on any atom is 0.407 e. The number of alkyl carbamates (subject to hydrolysis) is 1. The first-order valence-electron chi connectivity index (χ1n) is 15.2. The number of hydrogen-bond acceptors (Lipinski definition) is 7. The minimum Gasteiger partial charge on any atom is -0.449 e. The number of aromatic nitrogens is 1. The number of pyridine rings is 1. The van der Waals surface area contributed by atoms with Crippen LogP contribution in [0.2, 0.25) is 0 Å². The Labute approximate surface area is 253 Å². The van der Waals surface area contributed by atoms with Crippen molar-refractivity contribution in [3.8, 4) is 0 Å². The van der Waals surface area contributed by atoms with Gasteiger partial charge in [-0.05, 0) is 68.7 Å². The highest BCUT2D eigenvalue weighted by atomic mass is 16.5. The van der Waals surface area contributed by atoms with Gasteiger partial charge in [-0.25, -0.2) is 9.59 Å². The fraction of sp³-hybridized carbons (Fsp3) is 0.531.